The van der Waals surface area contributed by atoms with E-state index in [-0.39, 0.29) is 18.1 Å². The van der Waals surface area contributed by atoms with Gasteiger partial charge >= 0.3 is 0 Å². The number of rotatable bonds is 4. The van der Waals surface area contributed by atoms with E-state index in [0.717, 1.165) is 16.5 Å². The predicted octanol–water partition coefficient (Wildman–Crippen LogP) is 4.92. The minimum absolute atomic E-state index is 0.272. The number of nitrogens with one attached hydrogen (secondary N) is 1. The highest BCUT2D eigenvalue weighted by atomic mass is 19.1. The molecule has 3 aromatic carbocycles. The fraction of sp³-hybridized carbons (Fsp3) is 0.0909. The van der Waals surface area contributed by atoms with Crippen molar-refractivity contribution in [1.29, 1.82) is 0 Å². The molecule has 0 aliphatic rings. The van der Waals surface area contributed by atoms with Gasteiger partial charge in [0, 0.05) is 23.5 Å². The minimum Gasteiger partial charge on any atom is -0.380 e. The molecule has 0 atom stereocenters. The Morgan fingerprint density at radius 1 is 0.769 bits per heavy atom. The molecule has 1 aromatic heterocycles. The summed E-state index contributed by atoms with van der Waals surface area (Å²) in [5.41, 5.74) is 1.60. The molecule has 130 valence electrons. The molecule has 4 rings (SSSR count). The van der Waals surface area contributed by atoms with Crippen LogP contribution < -0.4 is 0 Å². The highest BCUT2D eigenvalue weighted by Gasteiger charge is 2.33. The molecule has 0 radical (unpaired) electrons. The van der Waals surface area contributed by atoms with Gasteiger partial charge in [-0.15, -0.1) is 0 Å². The van der Waals surface area contributed by atoms with E-state index in [2.05, 4.69) is 4.98 Å². The Balaban J connectivity index is 1.84. The Hall–Kier alpha value is -2.98. The second kappa shape index (κ2) is 6.39. The highest BCUT2D eigenvalue weighted by Crippen LogP contribution is 2.35. The van der Waals surface area contributed by atoms with E-state index in [0.29, 0.717) is 11.1 Å². The monoisotopic (exact) mass is 349 g/mol. The summed E-state index contributed by atoms with van der Waals surface area (Å²) in [7, 11) is 0. The summed E-state index contributed by atoms with van der Waals surface area (Å²) < 4.78 is 26.8. The van der Waals surface area contributed by atoms with Crippen LogP contribution in [0.3, 0.4) is 0 Å². The summed E-state index contributed by atoms with van der Waals surface area (Å²) >= 11 is 0. The normalized spacial score (nSPS) is 11.8. The zero-order chi connectivity index (χ0) is 18.1. The SMILES string of the molecule is OC(Cc1c[nH]c2ccccc12)(c1ccc(F)cc1)c1ccc(F)cc1. The Morgan fingerprint density at radius 3 is 1.88 bits per heavy atom. The second-order valence-electron chi connectivity index (χ2n) is 6.41. The first-order valence-electron chi connectivity index (χ1n) is 8.36. The van der Waals surface area contributed by atoms with Crippen LogP contribution in [-0.4, -0.2) is 10.1 Å². The third kappa shape index (κ3) is 2.89. The Bertz CT molecular complexity index is 990. The number of aliphatic hydroxyl groups is 1. The number of hydrogen-bond donors (Lipinski definition) is 2. The van der Waals surface area contributed by atoms with Crippen molar-refractivity contribution in [2.75, 3.05) is 0 Å². The lowest BCUT2D eigenvalue weighted by Gasteiger charge is -2.29. The fourth-order valence-electron chi connectivity index (χ4n) is 3.38. The molecule has 4 aromatic rings. The summed E-state index contributed by atoms with van der Waals surface area (Å²) in [4.78, 5) is 3.20. The number of H-pyrrole nitrogens is 1. The summed E-state index contributed by atoms with van der Waals surface area (Å²) in [6.45, 7) is 0. The number of fused-ring (bicyclic) bond motifs is 1. The van der Waals surface area contributed by atoms with Gasteiger partial charge in [0.1, 0.15) is 17.2 Å². The van der Waals surface area contributed by atoms with Gasteiger partial charge in [0.15, 0.2) is 0 Å². The van der Waals surface area contributed by atoms with Crippen molar-refractivity contribution in [3.63, 3.8) is 0 Å². The van der Waals surface area contributed by atoms with Crippen molar-refractivity contribution in [1.82, 2.24) is 4.98 Å². The number of aromatic amines is 1. The average molecular weight is 349 g/mol. The Morgan fingerprint density at radius 2 is 1.31 bits per heavy atom. The van der Waals surface area contributed by atoms with Crippen LogP contribution in [0.2, 0.25) is 0 Å². The summed E-state index contributed by atoms with van der Waals surface area (Å²) in [6.07, 6.45) is 2.14. The lowest BCUT2D eigenvalue weighted by Crippen LogP contribution is -2.30. The molecule has 0 saturated carbocycles. The maximum absolute atomic E-state index is 13.4. The topological polar surface area (TPSA) is 36.0 Å². The standard InChI is InChI=1S/C22H17F2NO/c23-18-9-5-16(6-10-18)22(26,17-7-11-19(24)12-8-17)13-15-14-25-21-4-2-1-3-20(15)21/h1-12,14,25-26H,13H2. The average Bonchev–Trinajstić information content (AvgIpc) is 3.05. The van der Waals surface area contributed by atoms with Gasteiger partial charge in [-0.2, -0.15) is 0 Å². The molecule has 4 heteroatoms. The summed E-state index contributed by atoms with van der Waals surface area (Å²) in [5, 5.41) is 12.6. The van der Waals surface area contributed by atoms with Gasteiger partial charge in [-0.25, -0.2) is 8.78 Å². The van der Waals surface area contributed by atoms with Crippen molar-refractivity contribution < 1.29 is 13.9 Å². The third-order valence-corrected chi connectivity index (χ3v) is 4.76. The molecular formula is C22H17F2NO. The van der Waals surface area contributed by atoms with E-state index < -0.39 is 5.60 Å². The van der Waals surface area contributed by atoms with Crippen molar-refractivity contribution >= 4 is 10.9 Å². The lowest BCUT2D eigenvalue weighted by molar-refractivity contribution is 0.0813. The first-order chi connectivity index (χ1) is 12.6. The van der Waals surface area contributed by atoms with Crippen LogP contribution in [0, 0.1) is 11.6 Å². The number of aromatic nitrogens is 1. The van der Waals surface area contributed by atoms with Crippen LogP contribution in [-0.2, 0) is 12.0 Å². The van der Waals surface area contributed by atoms with Gasteiger partial charge in [0.25, 0.3) is 0 Å². The maximum atomic E-state index is 13.4. The van der Waals surface area contributed by atoms with Crippen LogP contribution in [0.15, 0.2) is 79.0 Å². The summed E-state index contributed by atoms with van der Waals surface area (Å²) in [5.74, 6) is -0.746. The molecule has 0 spiro atoms. The first kappa shape index (κ1) is 16.5. The van der Waals surface area contributed by atoms with E-state index in [9.17, 15) is 13.9 Å². The smallest absolute Gasteiger partial charge is 0.123 e. The molecule has 0 saturated heterocycles. The van der Waals surface area contributed by atoms with Crippen molar-refractivity contribution in [3.8, 4) is 0 Å². The van der Waals surface area contributed by atoms with Crippen LogP contribution in [0.4, 0.5) is 8.78 Å². The van der Waals surface area contributed by atoms with Crippen LogP contribution in [0.5, 0.6) is 0 Å². The zero-order valence-corrected chi connectivity index (χ0v) is 13.9. The number of hydrogen-bond acceptors (Lipinski definition) is 1. The minimum atomic E-state index is -1.41. The molecule has 26 heavy (non-hydrogen) atoms. The van der Waals surface area contributed by atoms with Crippen LogP contribution in [0.25, 0.3) is 10.9 Å². The van der Waals surface area contributed by atoms with Crippen molar-refractivity contribution in [2.45, 2.75) is 12.0 Å². The van der Waals surface area contributed by atoms with Gasteiger partial charge in [-0.05, 0) is 47.0 Å². The predicted molar refractivity (Wildman–Crippen MR) is 97.8 cm³/mol. The molecule has 0 aliphatic carbocycles. The molecule has 0 bridgehead atoms. The molecular weight excluding hydrogens is 332 g/mol. The first-order valence-corrected chi connectivity index (χ1v) is 8.36. The molecule has 0 fully saturated rings. The van der Waals surface area contributed by atoms with Gasteiger partial charge in [0.2, 0.25) is 0 Å². The number of halogens is 2. The molecule has 0 aliphatic heterocycles. The quantitative estimate of drug-likeness (QED) is 0.539. The van der Waals surface area contributed by atoms with Crippen LogP contribution >= 0.6 is 0 Å². The largest absolute Gasteiger partial charge is 0.380 e. The van der Waals surface area contributed by atoms with Crippen molar-refractivity contribution in [2.24, 2.45) is 0 Å². The number of para-hydroxylation sites is 1. The lowest BCUT2D eigenvalue weighted by atomic mass is 9.81. The summed E-state index contributed by atoms with van der Waals surface area (Å²) in [6, 6.07) is 19.4. The van der Waals surface area contributed by atoms with Gasteiger partial charge in [-0.3, -0.25) is 0 Å². The van der Waals surface area contributed by atoms with Gasteiger partial charge in [0.05, 0.1) is 0 Å². The molecule has 0 unspecified atom stereocenters. The van der Waals surface area contributed by atoms with Gasteiger partial charge < -0.3 is 10.1 Å². The second-order valence-corrected chi connectivity index (χ2v) is 6.41. The maximum Gasteiger partial charge on any atom is 0.123 e. The third-order valence-electron chi connectivity index (χ3n) is 4.76. The van der Waals surface area contributed by atoms with Crippen LogP contribution in [0.1, 0.15) is 16.7 Å². The molecule has 1 heterocycles. The molecule has 2 nitrogen and oxygen atoms in total. The fourth-order valence-corrected chi connectivity index (χ4v) is 3.38. The van der Waals surface area contributed by atoms with Crippen molar-refractivity contribution in [3.05, 3.63) is 107 Å². The Labute approximate surface area is 149 Å². The molecule has 0 amide bonds. The molecule has 2 N–H and O–H groups in total. The van der Waals surface area contributed by atoms with E-state index in [1.54, 1.807) is 24.3 Å². The Kier molecular flexibility index (Phi) is 4.05. The van der Waals surface area contributed by atoms with E-state index >= 15 is 0 Å². The number of benzene rings is 3. The highest BCUT2D eigenvalue weighted by molar-refractivity contribution is 5.83. The van der Waals surface area contributed by atoms with E-state index in [4.69, 9.17) is 0 Å². The van der Waals surface area contributed by atoms with Gasteiger partial charge in [-0.1, -0.05) is 42.5 Å². The van der Waals surface area contributed by atoms with E-state index in [1.807, 2.05) is 30.5 Å². The van der Waals surface area contributed by atoms with E-state index in [1.165, 1.54) is 24.3 Å². The zero-order valence-electron chi connectivity index (χ0n) is 13.9.